The number of aromatic hydroxyl groups is 1. The van der Waals surface area contributed by atoms with Crippen LogP contribution in [0.25, 0.3) is 22.3 Å². The Morgan fingerprint density at radius 3 is 2.07 bits per heavy atom. The van der Waals surface area contributed by atoms with Gasteiger partial charge in [-0.2, -0.15) is 0 Å². The molecule has 0 unspecified atom stereocenters. The molecule has 0 heterocycles. The summed E-state index contributed by atoms with van der Waals surface area (Å²) in [6, 6.07) is 14.5. The molecule has 156 valence electrons. The highest BCUT2D eigenvalue weighted by Gasteiger charge is 2.13. The maximum atomic E-state index is 14.6. The zero-order chi connectivity index (χ0) is 21.8. The Kier molecular flexibility index (Phi) is 6.46. The van der Waals surface area contributed by atoms with E-state index in [0.29, 0.717) is 12.4 Å². The summed E-state index contributed by atoms with van der Waals surface area (Å²) in [4.78, 5) is 0. The van der Waals surface area contributed by atoms with Gasteiger partial charge < -0.3 is 14.6 Å². The van der Waals surface area contributed by atoms with Crippen LogP contribution >= 0.6 is 0 Å². The molecule has 3 aromatic carbocycles. The van der Waals surface area contributed by atoms with Gasteiger partial charge in [0.25, 0.3) is 0 Å². The molecule has 3 rings (SSSR count). The van der Waals surface area contributed by atoms with Crippen LogP contribution in [0.15, 0.2) is 60.2 Å². The number of rotatable bonds is 6. The van der Waals surface area contributed by atoms with Crippen LogP contribution in [-0.4, -0.2) is 18.8 Å². The maximum absolute atomic E-state index is 14.6. The van der Waals surface area contributed by atoms with Gasteiger partial charge in [0.15, 0.2) is 23.1 Å². The number of phenols is 1. The first kappa shape index (κ1) is 21.4. The number of methoxy groups -OCH3 is 1. The molecule has 0 bridgehead atoms. The predicted octanol–water partition coefficient (Wildman–Crippen LogP) is 6.84. The molecule has 0 aliphatic rings. The normalized spacial score (nSPS) is 10.6. The topological polar surface area (TPSA) is 38.7 Å². The fourth-order valence-corrected chi connectivity index (χ4v) is 3.37. The van der Waals surface area contributed by atoms with Crippen LogP contribution < -0.4 is 9.47 Å². The van der Waals surface area contributed by atoms with E-state index >= 15 is 0 Å². The summed E-state index contributed by atoms with van der Waals surface area (Å²) < 4.78 is 25.3. The maximum Gasteiger partial charge on any atom is 0.165 e. The number of ether oxygens (including phenoxy) is 2. The molecule has 0 saturated carbocycles. The van der Waals surface area contributed by atoms with E-state index < -0.39 is 0 Å². The summed E-state index contributed by atoms with van der Waals surface area (Å²) in [5.41, 5.74) is 6.97. The van der Waals surface area contributed by atoms with Crippen molar-refractivity contribution < 1.29 is 19.0 Å². The Morgan fingerprint density at radius 2 is 1.50 bits per heavy atom. The molecule has 0 aliphatic heterocycles. The van der Waals surface area contributed by atoms with Gasteiger partial charge in [0.2, 0.25) is 0 Å². The minimum atomic E-state index is -0.376. The van der Waals surface area contributed by atoms with Gasteiger partial charge in [-0.3, -0.25) is 0 Å². The highest BCUT2D eigenvalue weighted by atomic mass is 19.1. The average Bonchev–Trinajstić information content (AvgIpc) is 2.71. The van der Waals surface area contributed by atoms with Crippen molar-refractivity contribution in [1.82, 2.24) is 0 Å². The van der Waals surface area contributed by atoms with Gasteiger partial charge >= 0.3 is 0 Å². The summed E-state index contributed by atoms with van der Waals surface area (Å²) >= 11 is 0. The molecule has 0 radical (unpaired) electrons. The molecule has 0 saturated heterocycles. The van der Waals surface area contributed by atoms with E-state index in [-0.39, 0.29) is 17.3 Å². The van der Waals surface area contributed by atoms with Gasteiger partial charge in [0.1, 0.15) is 6.61 Å². The molecule has 3 aromatic rings. The zero-order valence-electron chi connectivity index (χ0n) is 18.0. The Morgan fingerprint density at radius 1 is 0.900 bits per heavy atom. The SMILES string of the molecule is COc1cc(-c2cc(C)c(-c3ccc(OCC=C(C)C)c(F)c3)cc2C)ccc1O. The molecule has 0 aromatic heterocycles. The van der Waals surface area contributed by atoms with Crippen molar-refractivity contribution >= 4 is 0 Å². The average molecular weight is 406 g/mol. The second-order valence-electron chi connectivity index (χ2n) is 7.61. The fourth-order valence-electron chi connectivity index (χ4n) is 3.37. The molecule has 0 aliphatic carbocycles. The van der Waals surface area contributed by atoms with Crippen LogP contribution in [0.3, 0.4) is 0 Å². The van der Waals surface area contributed by atoms with Crippen LogP contribution in [0.2, 0.25) is 0 Å². The zero-order valence-corrected chi connectivity index (χ0v) is 18.0. The second kappa shape index (κ2) is 9.04. The lowest BCUT2D eigenvalue weighted by Gasteiger charge is -2.15. The van der Waals surface area contributed by atoms with Crippen molar-refractivity contribution in [3.05, 3.63) is 77.1 Å². The molecule has 0 atom stereocenters. The smallest absolute Gasteiger partial charge is 0.165 e. The quantitative estimate of drug-likeness (QED) is 0.456. The van der Waals surface area contributed by atoms with Crippen LogP contribution in [0, 0.1) is 19.7 Å². The highest BCUT2D eigenvalue weighted by molar-refractivity contribution is 5.77. The summed E-state index contributed by atoms with van der Waals surface area (Å²) in [5.74, 6) is 0.409. The molecule has 0 spiro atoms. The molecule has 30 heavy (non-hydrogen) atoms. The number of aryl methyl sites for hydroxylation is 2. The Hall–Kier alpha value is -3.27. The third kappa shape index (κ3) is 4.65. The van der Waals surface area contributed by atoms with Crippen molar-refractivity contribution in [3.8, 4) is 39.5 Å². The van der Waals surface area contributed by atoms with Crippen LogP contribution in [0.5, 0.6) is 17.2 Å². The Balaban J connectivity index is 1.94. The molecular weight excluding hydrogens is 379 g/mol. The second-order valence-corrected chi connectivity index (χ2v) is 7.61. The number of halogens is 1. The van der Waals surface area contributed by atoms with Gasteiger partial charge in [-0.25, -0.2) is 4.39 Å². The van der Waals surface area contributed by atoms with Gasteiger partial charge in [-0.1, -0.05) is 29.8 Å². The van der Waals surface area contributed by atoms with Crippen molar-refractivity contribution in [2.45, 2.75) is 27.7 Å². The summed E-state index contributed by atoms with van der Waals surface area (Å²) in [5, 5.41) is 9.85. The molecule has 3 nitrogen and oxygen atoms in total. The highest BCUT2D eigenvalue weighted by Crippen LogP contribution is 2.36. The summed E-state index contributed by atoms with van der Waals surface area (Å²) in [6.07, 6.45) is 1.91. The number of allylic oxidation sites excluding steroid dienone is 1. The minimum Gasteiger partial charge on any atom is -0.504 e. The summed E-state index contributed by atoms with van der Waals surface area (Å²) in [7, 11) is 1.53. The van der Waals surface area contributed by atoms with E-state index in [0.717, 1.165) is 39.0 Å². The van der Waals surface area contributed by atoms with Crippen molar-refractivity contribution in [2.75, 3.05) is 13.7 Å². The first-order valence-electron chi connectivity index (χ1n) is 9.85. The number of benzene rings is 3. The molecule has 0 amide bonds. The monoisotopic (exact) mass is 406 g/mol. The van der Waals surface area contributed by atoms with Gasteiger partial charge in [-0.05, 0) is 91.4 Å². The van der Waals surface area contributed by atoms with E-state index in [1.165, 1.54) is 13.2 Å². The van der Waals surface area contributed by atoms with E-state index in [4.69, 9.17) is 9.47 Å². The van der Waals surface area contributed by atoms with Crippen molar-refractivity contribution in [2.24, 2.45) is 0 Å². The number of phenolic OH excluding ortho intramolecular Hbond substituents is 1. The number of hydrogen-bond acceptors (Lipinski definition) is 3. The van der Waals surface area contributed by atoms with E-state index in [1.807, 2.05) is 52.0 Å². The number of hydrogen-bond donors (Lipinski definition) is 1. The van der Waals surface area contributed by atoms with E-state index in [1.54, 1.807) is 12.1 Å². The van der Waals surface area contributed by atoms with E-state index in [2.05, 4.69) is 12.1 Å². The lowest BCUT2D eigenvalue weighted by atomic mass is 9.91. The largest absolute Gasteiger partial charge is 0.504 e. The van der Waals surface area contributed by atoms with Crippen molar-refractivity contribution in [1.29, 1.82) is 0 Å². The molecule has 0 fully saturated rings. The third-order valence-corrected chi connectivity index (χ3v) is 5.04. The predicted molar refractivity (Wildman–Crippen MR) is 120 cm³/mol. The van der Waals surface area contributed by atoms with Gasteiger partial charge in [-0.15, -0.1) is 0 Å². The minimum absolute atomic E-state index is 0.106. The van der Waals surface area contributed by atoms with E-state index in [9.17, 15) is 9.50 Å². The third-order valence-electron chi connectivity index (χ3n) is 5.04. The van der Waals surface area contributed by atoms with Gasteiger partial charge in [0, 0.05) is 0 Å². The Bertz CT molecular complexity index is 1100. The lowest BCUT2D eigenvalue weighted by molar-refractivity contribution is 0.341. The van der Waals surface area contributed by atoms with Crippen LogP contribution in [-0.2, 0) is 0 Å². The molecule has 4 heteroatoms. The first-order valence-corrected chi connectivity index (χ1v) is 9.85. The molecule has 1 N–H and O–H groups in total. The lowest BCUT2D eigenvalue weighted by Crippen LogP contribution is -1.97. The van der Waals surface area contributed by atoms with Crippen molar-refractivity contribution in [3.63, 3.8) is 0 Å². The first-order chi connectivity index (χ1) is 14.3. The standard InChI is InChI=1S/C26H27FO3/c1-16(2)10-11-30-25-9-7-19(14-23(25)27)21-12-18(4)22(13-17(21)3)20-6-8-24(28)26(15-20)29-5/h6-10,12-15,28H,11H2,1-5H3. The molecular formula is C26H27FO3. The van der Waals surface area contributed by atoms with Crippen LogP contribution in [0.4, 0.5) is 4.39 Å². The Labute approximate surface area is 177 Å². The fraction of sp³-hybridized carbons (Fsp3) is 0.231. The van der Waals surface area contributed by atoms with Crippen LogP contribution in [0.1, 0.15) is 25.0 Å². The summed E-state index contributed by atoms with van der Waals surface area (Å²) in [6.45, 7) is 8.33. The van der Waals surface area contributed by atoms with Gasteiger partial charge in [0.05, 0.1) is 7.11 Å².